The highest BCUT2D eigenvalue weighted by atomic mass is 32.2. The van der Waals surface area contributed by atoms with Crippen LogP contribution in [0.25, 0.3) is 0 Å². The zero-order valence-corrected chi connectivity index (χ0v) is 8.02. The van der Waals surface area contributed by atoms with Gasteiger partial charge in [-0.25, -0.2) is 0 Å². The number of aliphatic hydroxyl groups excluding tert-OH is 1. The van der Waals surface area contributed by atoms with Gasteiger partial charge in [0.25, 0.3) is 0 Å². The van der Waals surface area contributed by atoms with Crippen LogP contribution in [0.2, 0.25) is 0 Å². The highest BCUT2D eigenvalue weighted by molar-refractivity contribution is 8.26. The second-order valence-electron chi connectivity index (χ2n) is 2.46. The van der Waals surface area contributed by atoms with E-state index in [0.717, 1.165) is 19.3 Å². The monoisotopic (exact) mass is 190 g/mol. The van der Waals surface area contributed by atoms with E-state index in [1.54, 1.807) is 0 Å². The Morgan fingerprint density at radius 3 is 2.42 bits per heavy atom. The highest BCUT2D eigenvalue weighted by Crippen LogP contribution is 2.10. The van der Waals surface area contributed by atoms with Crippen molar-refractivity contribution in [2.45, 2.75) is 32.6 Å². The van der Waals surface area contributed by atoms with Gasteiger partial charge in [0, 0.05) is 6.42 Å². The molecule has 0 aromatic rings. The summed E-state index contributed by atoms with van der Waals surface area (Å²) >= 11 is 0.622. The molecule has 0 saturated carbocycles. The molecule has 0 aromatic heterocycles. The van der Waals surface area contributed by atoms with E-state index in [1.807, 2.05) is 0 Å². The summed E-state index contributed by atoms with van der Waals surface area (Å²) in [7, 11) is 0. The Hall–Kier alpha value is -0.350. The summed E-state index contributed by atoms with van der Waals surface area (Å²) in [4.78, 5) is 21.5. The Kier molecular flexibility index (Phi) is 7.09. The average Bonchev–Trinajstić information content (AvgIpc) is 2.05. The van der Waals surface area contributed by atoms with Gasteiger partial charge in [0.1, 0.15) is 6.61 Å². The molecule has 0 radical (unpaired) electrons. The molecule has 0 saturated heterocycles. The molecule has 0 rings (SSSR count). The molecule has 0 fully saturated rings. The number of rotatable bonds is 5. The molecule has 1 N–H and O–H groups in total. The van der Waals surface area contributed by atoms with Crippen LogP contribution >= 0.6 is 11.8 Å². The minimum absolute atomic E-state index is 0.137. The molecule has 3 nitrogen and oxygen atoms in total. The van der Waals surface area contributed by atoms with E-state index in [4.69, 9.17) is 5.11 Å². The molecule has 4 heteroatoms. The molecule has 0 unspecified atom stereocenters. The first-order valence-electron chi connectivity index (χ1n) is 4.05. The summed E-state index contributed by atoms with van der Waals surface area (Å²) in [5.41, 5.74) is 0. The van der Waals surface area contributed by atoms with Gasteiger partial charge in [0.2, 0.25) is 5.12 Å². The minimum atomic E-state index is -0.551. The van der Waals surface area contributed by atoms with Gasteiger partial charge in [-0.3, -0.25) is 9.59 Å². The number of hydrogen-bond donors (Lipinski definition) is 1. The lowest BCUT2D eigenvalue weighted by Gasteiger charge is -1.96. The quantitative estimate of drug-likeness (QED) is 0.665. The predicted octanol–water partition coefficient (Wildman–Crippen LogP) is 1.35. The van der Waals surface area contributed by atoms with Gasteiger partial charge >= 0.3 is 0 Å². The van der Waals surface area contributed by atoms with Crippen LogP contribution in [0.5, 0.6) is 0 Å². The number of unbranched alkanes of at least 4 members (excludes halogenated alkanes) is 2. The number of thioether (sulfide) groups is 1. The molecular formula is C8H14O3S. The van der Waals surface area contributed by atoms with Gasteiger partial charge in [0.05, 0.1) is 0 Å². The van der Waals surface area contributed by atoms with Crippen LogP contribution in [0, 0.1) is 0 Å². The first kappa shape index (κ1) is 11.6. The maximum absolute atomic E-state index is 10.9. The van der Waals surface area contributed by atoms with Crippen molar-refractivity contribution in [2.75, 3.05) is 6.61 Å². The normalized spacial score (nSPS) is 9.83. The minimum Gasteiger partial charge on any atom is -0.388 e. The summed E-state index contributed by atoms with van der Waals surface area (Å²) in [6.07, 6.45) is 3.34. The van der Waals surface area contributed by atoms with E-state index in [9.17, 15) is 9.59 Å². The average molecular weight is 190 g/mol. The lowest BCUT2D eigenvalue weighted by Crippen LogP contribution is -2.03. The van der Waals surface area contributed by atoms with Crippen molar-refractivity contribution >= 4 is 22.0 Å². The number of carbonyl (C=O) groups is 2. The molecule has 0 aliphatic heterocycles. The fourth-order valence-corrected chi connectivity index (χ4v) is 1.29. The second kappa shape index (κ2) is 7.31. The van der Waals surface area contributed by atoms with Crippen molar-refractivity contribution in [1.82, 2.24) is 0 Å². The Morgan fingerprint density at radius 2 is 1.92 bits per heavy atom. The van der Waals surface area contributed by atoms with Gasteiger partial charge in [-0.05, 0) is 18.2 Å². The molecule has 0 bridgehead atoms. The van der Waals surface area contributed by atoms with E-state index in [2.05, 4.69) is 6.92 Å². The first-order chi connectivity index (χ1) is 5.70. The number of aliphatic hydroxyl groups is 1. The molecule has 0 aromatic carbocycles. The van der Waals surface area contributed by atoms with Crippen LogP contribution in [0.3, 0.4) is 0 Å². The van der Waals surface area contributed by atoms with E-state index in [0.29, 0.717) is 18.2 Å². The van der Waals surface area contributed by atoms with Gasteiger partial charge in [-0.2, -0.15) is 0 Å². The summed E-state index contributed by atoms with van der Waals surface area (Å²) in [5, 5.41) is 7.73. The molecule has 0 aliphatic rings. The van der Waals surface area contributed by atoms with Crippen molar-refractivity contribution in [1.29, 1.82) is 0 Å². The van der Waals surface area contributed by atoms with Crippen LogP contribution in [-0.4, -0.2) is 21.9 Å². The SMILES string of the molecule is CCCCCC(=O)SC(=O)CO. The van der Waals surface area contributed by atoms with Gasteiger partial charge in [-0.1, -0.05) is 19.8 Å². The standard InChI is InChI=1S/C8H14O3S/c1-2-3-4-5-7(10)12-8(11)6-9/h9H,2-6H2,1H3. The summed E-state index contributed by atoms with van der Waals surface area (Å²) in [5.74, 6) is 0. The van der Waals surface area contributed by atoms with Crippen molar-refractivity contribution in [3.8, 4) is 0 Å². The molecule has 0 atom stereocenters. The van der Waals surface area contributed by atoms with Crippen molar-refractivity contribution in [2.24, 2.45) is 0 Å². The van der Waals surface area contributed by atoms with Gasteiger partial charge in [-0.15, -0.1) is 0 Å². The van der Waals surface area contributed by atoms with Crippen LogP contribution < -0.4 is 0 Å². The summed E-state index contributed by atoms with van der Waals surface area (Å²) in [6, 6.07) is 0. The second-order valence-corrected chi connectivity index (χ2v) is 3.58. The first-order valence-corrected chi connectivity index (χ1v) is 4.86. The van der Waals surface area contributed by atoms with Crippen LogP contribution in [0.1, 0.15) is 32.6 Å². The maximum Gasteiger partial charge on any atom is 0.221 e. The van der Waals surface area contributed by atoms with E-state index < -0.39 is 11.7 Å². The third-order valence-electron chi connectivity index (χ3n) is 1.34. The molecule has 0 amide bonds. The Morgan fingerprint density at radius 1 is 1.25 bits per heavy atom. The van der Waals surface area contributed by atoms with Crippen LogP contribution in [0.4, 0.5) is 0 Å². The van der Waals surface area contributed by atoms with Crippen molar-refractivity contribution in [3.63, 3.8) is 0 Å². The van der Waals surface area contributed by atoms with Crippen molar-refractivity contribution < 1.29 is 14.7 Å². The Balaban J connectivity index is 3.40. The van der Waals surface area contributed by atoms with Gasteiger partial charge in [0.15, 0.2) is 5.12 Å². The molecule has 0 aliphatic carbocycles. The smallest absolute Gasteiger partial charge is 0.221 e. The molecule has 70 valence electrons. The lowest BCUT2D eigenvalue weighted by atomic mass is 10.2. The maximum atomic E-state index is 10.9. The van der Waals surface area contributed by atoms with Crippen LogP contribution in [0.15, 0.2) is 0 Å². The lowest BCUT2D eigenvalue weighted by molar-refractivity contribution is -0.114. The van der Waals surface area contributed by atoms with E-state index >= 15 is 0 Å². The van der Waals surface area contributed by atoms with E-state index in [-0.39, 0.29) is 5.12 Å². The van der Waals surface area contributed by atoms with Crippen molar-refractivity contribution in [3.05, 3.63) is 0 Å². The topological polar surface area (TPSA) is 54.4 Å². The predicted molar refractivity (Wildman–Crippen MR) is 48.8 cm³/mol. The Labute approximate surface area is 76.5 Å². The third-order valence-corrected chi connectivity index (χ3v) is 2.13. The molecule has 0 heterocycles. The number of hydrogen-bond acceptors (Lipinski definition) is 4. The fraction of sp³-hybridized carbons (Fsp3) is 0.750. The molecule has 0 spiro atoms. The summed E-state index contributed by atoms with van der Waals surface area (Å²) < 4.78 is 0. The zero-order valence-electron chi connectivity index (χ0n) is 7.21. The summed E-state index contributed by atoms with van der Waals surface area (Å²) in [6.45, 7) is 1.50. The highest BCUT2D eigenvalue weighted by Gasteiger charge is 2.08. The number of carbonyl (C=O) groups excluding carboxylic acids is 2. The van der Waals surface area contributed by atoms with Crippen LogP contribution in [-0.2, 0) is 9.59 Å². The van der Waals surface area contributed by atoms with E-state index in [1.165, 1.54) is 0 Å². The zero-order chi connectivity index (χ0) is 9.40. The largest absolute Gasteiger partial charge is 0.388 e. The third kappa shape index (κ3) is 6.37. The van der Waals surface area contributed by atoms with Gasteiger partial charge < -0.3 is 5.11 Å². The fourth-order valence-electron chi connectivity index (χ4n) is 0.730. The molecular weight excluding hydrogens is 176 g/mol. The Bertz CT molecular complexity index is 156. The molecule has 12 heavy (non-hydrogen) atoms.